The van der Waals surface area contributed by atoms with Gasteiger partial charge in [-0.05, 0) is 106 Å². The fourth-order valence-electron chi connectivity index (χ4n) is 9.44. The zero-order valence-corrected chi connectivity index (χ0v) is 32.1. The maximum atomic E-state index is 3.95. The summed E-state index contributed by atoms with van der Waals surface area (Å²) < 4.78 is 0. The number of likely N-dealkylation sites (N-methyl/N-ethyl adjacent to an activating group) is 1. The maximum absolute atomic E-state index is 3.95. The van der Waals surface area contributed by atoms with E-state index in [0.29, 0.717) is 6.04 Å². The fourth-order valence-corrected chi connectivity index (χ4v) is 17.4. The molecule has 0 unspecified atom stereocenters. The van der Waals surface area contributed by atoms with Crippen molar-refractivity contribution < 1.29 is 17.1 Å². The minimum absolute atomic E-state index is 0. The van der Waals surface area contributed by atoms with Crippen LogP contribution in [-0.2, 0) is 17.1 Å². The summed E-state index contributed by atoms with van der Waals surface area (Å²) in [5.41, 5.74) is 16.8. The Morgan fingerprint density at radius 3 is 1.64 bits per heavy atom. The van der Waals surface area contributed by atoms with Gasteiger partial charge in [0.15, 0.2) is 0 Å². The molecule has 252 valence electrons. The average Bonchev–Trinajstić information content (AvgIpc) is 3.85. The van der Waals surface area contributed by atoms with Crippen LogP contribution in [0, 0.1) is 24.5 Å². The normalized spacial score (nSPS) is 24.4. The van der Waals surface area contributed by atoms with Crippen LogP contribution in [-0.4, -0.2) is 47.7 Å². The molecule has 7 rings (SSSR count). The van der Waals surface area contributed by atoms with Crippen LogP contribution in [0.25, 0.3) is 0 Å². The Morgan fingerprint density at radius 1 is 0.702 bits per heavy atom. The van der Waals surface area contributed by atoms with Crippen molar-refractivity contribution >= 4 is 15.8 Å². The van der Waals surface area contributed by atoms with Gasteiger partial charge in [-0.25, -0.2) is 5.73 Å². The van der Waals surface area contributed by atoms with E-state index < -0.39 is 0 Å². The summed E-state index contributed by atoms with van der Waals surface area (Å²) in [6.07, 6.45) is 49.2. The van der Waals surface area contributed by atoms with Gasteiger partial charge in [-0.15, -0.1) is 35.5 Å². The van der Waals surface area contributed by atoms with Crippen LogP contribution in [0.1, 0.15) is 128 Å². The number of allylic oxidation sites excluding steroid dienone is 5. The van der Waals surface area contributed by atoms with Gasteiger partial charge in [0.05, 0.1) is 0 Å². The first-order valence-corrected chi connectivity index (χ1v) is 21.9. The number of nitrogens with zero attached hydrogens (tertiary/aromatic N) is 1. The van der Waals surface area contributed by atoms with E-state index in [9.17, 15) is 0 Å². The molecule has 0 aliphatic heterocycles. The molecule has 0 bridgehead atoms. The molecule has 0 amide bonds. The Hall–Kier alpha value is -0.971. The molecule has 7 aliphatic rings. The molecule has 0 saturated heterocycles. The van der Waals surface area contributed by atoms with Crippen molar-refractivity contribution in [2.75, 3.05) is 14.1 Å². The third-order valence-corrected chi connectivity index (χ3v) is 18.6. The van der Waals surface area contributed by atoms with Crippen molar-refractivity contribution in [3.05, 3.63) is 94.0 Å². The second kappa shape index (κ2) is 19.4. The van der Waals surface area contributed by atoms with E-state index in [2.05, 4.69) is 90.9 Å². The smallest absolute Gasteiger partial charge is 0.308 e. The summed E-state index contributed by atoms with van der Waals surface area (Å²) >= 11 is 0. The van der Waals surface area contributed by atoms with Crippen LogP contribution < -0.4 is 0 Å². The monoisotopic (exact) mass is 705 g/mol. The largest absolute Gasteiger partial charge is 2.00 e. The van der Waals surface area contributed by atoms with E-state index in [1.54, 1.807) is 22.1 Å². The predicted octanol–water partition coefficient (Wildman–Crippen LogP) is 12.0. The van der Waals surface area contributed by atoms with E-state index in [1.165, 1.54) is 128 Å². The molecule has 0 aromatic heterocycles. The van der Waals surface area contributed by atoms with Gasteiger partial charge in [0.1, 0.15) is 0 Å². The van der Waals surface area contributed by atoms with Gasteiger partial charge >= 0.3 is 17.1 Å². The second-order valence-electron chi connectivity index (χ2n) is 14.8. The molecular formula is C43H57FeNP2. The van der Waals surface area contributed by atoms with Crippen LogP contribution >= 0.6 is 15.8 Å². The Labute approximate surface area is 301 Å². The Kier molecular flexibility index (Phi) is 15.4. The van der Waals surface area contributed by atoms with Crippen molar-refractivity contribution in [1.82, 2.24) is 4.90 Å². The molecule has 0 heterocycles. The number of hydrogen-bond donors (Lipinski definition) is 0. The molecule has 0 aromatic rings. The average molecular weight is 706 g/mol. The first-order chi connectivity index (χ1) is 22.7. The van der Waals surface area contributed by atoms with Gasteiger partial charge < -0.3 is 4.90 Å². The van der Waals surface area contributed by atoms with Crippen molar-refractivity contribution in [3.63, 3.8) is 0 Å². The van der Waals surface area contributed by atoms with Crippen LogP contribution in [0.4, 0.5) is 0 Å². The number of hydrogen-bond acceptors (Lipinski definition) is 1. The fraction of sp³-hybridized carbons (Fsp3) is 0.628. The third-order valence-electron chi connectivity index (χ3n) is 11.5. The quantitative estimate of drug-likeness (QED) is 0.0999. The van der Waals surface area contributed by atoms with Crippen molar-refractivity contribution in [3.8, 4) is 0 Å². The standard InChI is InChI=1S/C38H57NP2.C5.Fe/c1-39(2)38(35-27-17-29-37(35)41(32-22-11-5-12-23-32)33-24-13-6-14-25-33)34-26-15-16-28-36(34)40(30-18-7-3-8-19-30)31-20-9-4-10-21-31;1-2-4-5-3-1;/h15-17,26,28-33,38H,3-14,18-25H2,1-2H3;;/q2*-1;+2/t38-;;/m0../s1. The zero-order valence-electron chi connectivity index (χ0n) is 29.2. The summed E-state index contributed by atoms with van der Waals surface area (Å²) in [5, 5.41) is 3.53. The topological polar surface area (TPSA) is 3.24 Å². The first-order valence-electron chi connectivity index (χ1n) is 19.0. The van der Waals surface area contributed by atoms with Crippen molar-refractivity contribution in [2.45, 2.75) is 157 Å². The molecule has 4 heteroatoms. The van der Waals surface area contributed by atoms with Gasteiger partial charge in [-0.3, -0.25) is 11.5 Å². The maximum Gasteiger partial charge on any atom is 2.00 e. The summed E-state index contributed by atoms with van der Waals surface area (Å²) in [6, 6.07) is 0.338. The van der Waals surface area contributed by atoms with Crippen LogP contribution in [0.5, 0.6) is 0 Å². The Balaban J connectivity index is 0.000000662. The molecule has 7 aliphatic carbocycles. The van der Waals surface area contributed by atoms with Gasteiger partial charge in [0.25, 0.3) is 0 Å². The Morgan fingerprint density at radius 2 is 1.21 bits per heavy atom. The van der Waals surface area contributed by atoms with E-state index in [-0.39, 0.29) is 32.9 Å². The molecule has 4 fully saturated rings. The molecule has 4 saturated carbocycles. The minimum atomic E-state index is -0.131. The SMILES string of the molecule is CN(C)[C@H](C1=C=CC=C1P(C1CCCCC1)C1CCCCC1)[C-]1C=C[CH]C=C1P(C1CCCCC1)C1CCCCC1.[C]1=C=C=C=[C-]1.[Fe+2]. The van der Waals surface area contributed by atoms with Crippen LogP contribution in [0.3, 0.4) is 0 Å². The van der Waals surface area contributed by atoms with Gasteiger partial charge in [-0.2, -0.15) is 18.2 Å². The molecule has 1 atom stereocenters. The predicted molar refractivity (Wildman–Crippen MR) is 200 cm³/mol. The molecule has 1 nitrogen and oxygen atoms in total. The molecule has 0 aromatic carbocycles. The third kappa shape index (κ3) is 9.63. The van der Waals surface area contributed by atoms with Gasteiger partial charge in [-0.1, -0.05) is 92.9 Å². The Bertz CT molecular complexity index is 1250. The van der Waals surface area contributed by atoms with Crippen LogP contribution in [0.2, 0.25) is 0 Å². The number of rotatable bonds is 9. The first kappa shape index (κ1) is 37.3. The summed E-state index contributed by atoms with van der Waals surface area (Å²) in [6.45, 7) is 0. The van der Waals surface area contributed by atoms with Crippen LogP contribution in [0.15, 0.2) is 69.5 Å². The summed E-state index contributed by atoms with van der Waals surface area (Å²) in [5.74, 6) is 1.64. The van der Waals surface area contributed by atoms with Crippen molar-refractivity contribution in [1.29, 1.82) is 0 Å². The van der Waals surface area contributed by atoms with E-state index in [0.717, 1.165) is 22.6 Å². The van der Waals surface area contributed by atoms with Crippen molar-refractivity contribution in [2.24, 2.45) is 0 Å². The summed E-state index contributed by atoms with van der Waals surface area (Å²) in [4.78, 5) is 2.57. The van der Waals surface area contributed by atoms with E-state index >= 15 is 0 Å². The van der Waals surface area contributed by atoms with E-state index in [1.807, 2.05) is 0 Å². The van der Waals surface area contributed by atoms with Gasteiger partial charge in [0, 0.05) is 11.6 Å². The zero-order chi connectivity index (χ0) is 31.6. The van der Waals surface area contributed by atoms with Gasteiger partial charge in [0.2, 0.25) is 0 Å². The molecule has 0 N–H and O–H groups in total. The second-order valence-corrected chi connectivity index (χ2v) is 20.3. The summed E-state index contributed by atoms with van der Waals surface area (Å²) in [7, 11) is 4.46. The minimum Gasteiger partial charge on any atom is -0.308 e. The molecule has 2 radical (unpaired) electrons. The molecular weight excluding hydrogens is 648 g/mol. The van der Waals surface area contributed by atoms with E-state index in [4.69, 9.17) is 0 Å². The molecule has 0 spiro atoms. The molecule has 47 heavy (non-hydrogen) atoms.